The molecular formula is C12H19N3O5S. The van der Waals surface area contributed by atoms with Crippen LogP contribution < -0.4 is 5.32 Å². The van der Waals surface area contributed by atoms with Crippen LogP contribution in [0.15, 0.2) is 17.2 Å². The predicted molar refractivity (Wildman–Crippen MR) is 74.2 cm³/mol. The van der Waals surface area contributed by atoms with Crippen molar-refractivity contribution in [3.8, 4) is 0 Å². The third-order valence-corrected chi connectivity index (χ3v) is 5.19. The lowest BCUT2D eigenvalue weighted by molar-refractivity contribution is 0.0799. The number of carbonyl (C=O) groups is 1. The second-order valence-corrected chi connectivity index (χ2v) is 6.84. The van der Waals surface area contributed by atoms with Crippen molar-refractivity contribution in [3.05, 3.63) is 18.0 Å². The van der Waals surface area contributed by atoms with Crippen molar-refractivity contribution in [1.82, 2.24) is 14.6 Å². The first-order chi connectivity index (χ1) is 9.95. The quantitative estimate of drug-likeness (QED) is 0.529. The van der Waals surface area contributed by atoms with Gasteiger partial charge in [-0.2, -0.15) is 4.31 Å². The Morgan fingerprint density at radius 3 is 2.71 bits per heavy atom. The molecule has 1 fully saturated rings. The van der Waals surface area contributed by atoms with Crippen LogP contribution in [0, 0.1) is 0 Å². The molecule has 8 nitrogen and oxygen atoms in total. The number of sulfonamides is 1. The number of amides is 1. The van der Waals surface area contributed by atoms with Gasteiger partial charge in [0, 0.05) is 25.8 Å². The van der Waals surface area contributed by atoms with Gasteiger partial charge in [-0.05, 0) is 18.9 Å². The molecule has 2 rings (SSSR count). The molecule has 1 aliphatic heterocycles. The molecular weight excluding hydrogens is 298 g/mol. The van der Waals surface area contributed by atoms with Crippen molar-refractivity contribution >= 4 is 15.9 Å². The third kappa shape index (κ3) is 3.62. The van der Waals surface area contributed by atoms with Crippen LogP contribution in [0.25, 0.3) is 0 Å². The van der Waals surface area contributed by atoms with Crippen LogP contribution in [0.3, 0.4) is 0 Å². The molecule has 1 unspecified atom stereocenters. The number of nitrogens with zero attached hydrogens (tertiary/aromatic N) is 1. The lowest BCUT2D eigenvalue weighted by atomic mass is 10.3. The van der Waals surface area contributed by atoms with E-state index in [1.807, 2.05) is 0 Å². The zero-order valence-corrected chi connectivity index (χ0v) is 12.3. The van der Waals surface area contributed by atoms with Gasteiger partial charge in [-0.1, -0.05) is 0 Å². The van der Waals surface area contributed by atoms with E-state index in [0.29, 0.717) is 13.1 Å². The van der Waals surface area contributed by atoms with Crippen LogP contribution in [0.2, 0.25) is 0 Å². The van der Waals surface area contributed by atoms with Gasteiger partial charge in [-0.15, -0.1) is 0 Å². The van der Waals surface area contributed by atoms with Gasteiger partial charge in [0.1, 0.15) is 10.6 Å². The minimum Gasteiger partial charge on any atom is -0.394 e. The van der Waals surface area contributed by atoms with Gasteiger partial charge in [-0.25, -0.2) is 8.42 Å². The number of hydrogen-bond donors (Lipinski definition) is 4. The van der Waals surface area contributed by atoms with E-state index >= 15 is 0 Å². The Bertz CT molecular complexity index is 592. The molecule has 1 amide bonds. The van der Waals surface area contributed by atoms with Crippen molar-refractivity contribution in [2.75, 3.05) is 26.2 Å². The Labute approximate surface area is 122 Å². The summed E-state index contributed by atoms with van der Waals surface area (Å²) in [5.41, 5.74) is 0.0953. The number of hydrogen-bond acceptors (Lipinski definition) is 5. The van der Waals surface area contributed by atoms with Crippen molar-refractivity contribution in [2.45, 2.75) is 23.8 Å². The van der Waals surface area contributed by atoms with Crippen molar-refractivity contribution in [2.24, 2.45) is 0 Å². The molecule has 1 aromatic rings. The van der Waals surface area contributed by atoms with Gasteiger partial charge in [0.2, 0.25) is 10.0 Å². The van der Waals surface area contributed by atoms with Gasteiger partial charge in [0.25, 0.3) is 5.91 Å². The van der Waals surface area contributed by atoms with Crippen LogP contribution in [0.5, 0.6) is 0 Å². The first-order valence-electron chi connectivity index (χ1n) is 6.71. The highest BCUT2D eigenvalue weighted by Gasteiger charge is 2.28. The van der Waals surface area contributed by atoms with E-state index in [0.717, 1.165) is 12.8 Å². The summed E-state index contributed by atoms with van der Waals surface area (Å²) in [6.45, 7) is 0.428. The second kappa shape index (κ2) is 6.56. The average Bonchev–Trinajstić information content (AvgIpc) is 3.14. The highest BCUT2D eigenvalue weighted by atomic mass is 32.2. The van der Waals surface area contributed by atoms with E-state index in [1.165, 1.54) is 16.6 Å². The zero-order chi connectivity index (χ0) is 15.5. The summed E-state index contributed by atoms with van der Waals surface area (Å²) in [6, 6.07) is 1.27. The van der Waals surface area contributed by atoms with Gasteiger partial charge < -0.3 is 20.5 Å². The Morgan fingerprint density at radius 2 is 2.10 bits per heavy atom. The molecule has 1 saturated heterocycles. The molecule has 0 radical (unpaired) electrons. The Balaban J connectivity index is 2.05. The molecule has 21 heavy (non-hydrogen) atoms. The molecule has 1 aliphatic rings. The third-order valence-electron chi connectivity index (χ3n) is 3.31. The number of aromatic amines is 1. The number of aliphatic hydroxyl groups excluding tert-OH is 2. The molecule has 2 heterocycles. The molecule has 118 valence electrons. The molecule has 1 atom stereocenters. The Hall–Kier alpha value is -1.42. The lowest BCUT2D eigenvalue weighted by Gasteiger charge is -2.13. The number of carbonyl (C=O) groups excluding carboxylic acids is 1. The second-order valence-electron chi connectivity index (χ2n) is 4.91. The van der Waals surface area contributed by atoms with Gasteiger partial charge in [-0.3, -0.25) is 4.79 Å². The first-order valence-corrected chi connectivity index (χ1v) is 8.15. The standard InChI is InChI=1S/C12H19N3O5S/c16-8-9(17)6-14-12(18)11-5-10(7-13-11)21(19,20)15-3-1-2-4-15/h5,7,9,13,16-17H,1-4,6,8H2,(H,14,18). The van der Waals surface area contributed by atoms with Crippen molar-refractivity contribution in [3.63, 3.8) is 0 Å². The molecule has 0 spiro atoms. The Morgan fingerprint density at radius 1 is 1.43 bits per heavy atom. The summed E-state index contributed by atoms with van der Waals surface area (Å²) in [6.07, 6.45) is 1.92. The maximum absolute atomic E-state index is 12.3. The van der Waals surface area contributed by atoms with Crippen LogP contribution >= 0.6 is 0 Å². The van der Waals surface area contributed by atoms with Crippen LogP contribution in [-0.4, -0.2) is 66.2 Å². The summed E-state index contributed by atoms with van der Waals surface area (Å²) in [4.78, 5) is 14.5. The molecule has 0 saturated carbocycles. The van der Waals surface area contributed by atoms with E-state index in [4.69, 9.17) is 10.2 Å². The summed E-state index contributed by atoms with van der Waals surface area (Å²) in [5, 5.41) is 20.2. The average molecular weight is 317 g/mol. The smallest absolute Gasteiger partial charge is 0.267 e. The first kappa shape index (κ1) is 16.0. The van der Waals surface area contributed by atoms with Crippen LogP contribution in [-0.2, 0) is 10.0 Å². The Kier molecular flexibility index (Phi) is 4.99. The molecule has 0 aliphatic carbocycles. The van der Waals surface area contributed by atoms with Gasteiger partial charge in [0.15, 0.2) is 0 Å². The van der Waals surface area contributed by atoms with E-state index in [2.05, 4.69) is 10.3 Å². The predicted octanol–water partition coefficient (Wildman–Crippen LogP) is -1.12. The number of aliphatic hydroxyl groups is 2. The number of rotatable bonds is 6. The fourth-order valence-corrected chi connectivity index (χ4v) is 3.61. The van der Waals surface area contributed by atoms with Gasteiger partial charge >= 0.3 is 0 Å². The summed E-state index contributed by atoms with van der Waals surface area (Å²) >= 11 is 0. The maximum atomic E-state index is 12.3. The van der Waals surface area contributed by atoms with Crippen molar-refractivity contribution < 1.29 is 23.4 Å². The molecule has 0 bridgehead atoms. The fraction of sp³-hybridized carbons (Fsp3) is 0.583. The minimum absolute atomic E-state index is 0.0530. The summed E-state index contributed by atoms with van der Waals surface area (Å²) in [5.74, 6) is -0.537. The molecule has 1 aromatic heterocycles. The number of H-pyrrole nitrogens is 1. The van der Waals surface area contributed by atoms with E-state index in [1.54, 1.807) is 0 Å². The summed E-state index contributed by atoms with van der Waals surface area (Å²) < 4.78 is 26.0. The van der Waals surface area contributed by atoms with E-state index in [9.17, 15) is 13.2 Å². The molecule has 4 N–H and O–H groups in total. The van der Waals surface area contributed by atoms with E-state index in [-0.39, 0.29) is 17.1 Å². The lowest BCUT2D eigenvalue weighted by Crippen LogP contribution is -2.34. The maximum Gasteiger partial charge on any atom is 0.267 e. The zero-order valence-electron chi connectivity index (χ0n) is 11.4. The van der Waals surface area contributed by atoms with Crippen molar-refractivity contribution in [1.29, 1.82) is 0 Å². The van der Waals surface area contributed by atoms with Gasteiger partial charge in [0.05, 0.1) is 12.7 Å². The highest BCUT2D eigenvalue weighted by molar-refractivity contribution is 7.89. The highest BCUT2D eigenvalue weighted by Crippen LogP contribution is 2.21. The fourth-order valence-electron chi connectivity index (χ4n) is 2.10. The topological polar surface area (TPSA) is 123 Å². The van der Waals surface area contributed by atoms with Crippen LogP contribution in [0.4, 0.5) is 0 Å². The largest absolute Gasteiger partial charge is 0.394 e. The normalized spacial score (nSPS) is 17.8. The SMILES string of the molecule is O=C(NCC(O)CO)c1cc(S(=O)(=O)N2CCCC2)c[nH]1. The van der Waals surface area contributed by atoms with E-state index < -0.39 is 28.6 Å². The summed E-state index contributed by atoms with van der Waals surface area (Å²) in [7, 11) is -3.55. The molecule has 0 aromatic carbocycles. The molecule has 9 heteroatoms. The minimum atomic E-state index is -3.55. The number of nitrogens with one attached hydrogen (secondary N) is 2. The number of aromatic nitrogens is 1. The monoisotopic (exact) mass is 317 g/mol. The van der Waals surface area contributed by atoms with Crippen LogP contribution in [0.1, 0.15) is 23.3 Å².